The van der Waals surface area contributed by atoms with Gasteiger partial charge < -0.3 is 0 Å². The normalized spacial score (nSPS) is 34.3. The number of ketones is 1. The number of hydrogen-bond acceptors (Lipinski definition) is 2. The zero-order valence-electron chi connectivity index (χ0n) is 9.87. The Hall–Kier alpha value is -0.370. The van der Waals surface area contributed by atoms with E-state index >= 15 is 0 Å². The third-order valence-electron chi connectivity index (χ3n) is 4.14. The van der Waals surface area contributed by atoms with Gasteiger partial charge in [-0.2, -0.15) is 0 Å². The summed E-state index contributed by atoms with van der Waals surface area (Å²) >= 11 is 0. The van der Waals surface area contributed by atoms with Gasteiger partial charge in [0.05, 0.1) is 0 Å². The van der Waals surface area contributed by atoms with E-state index in [1.54, 1.807) is 0 Å². The smallest absolute Gasteiger partial charge is 0.137 e. The van der Waals surface area contributed by atoms with E-state index < -0.39 is 0 Å². The molecule has 0 aromatic carbocycles. The zero-order valence-corrected chi connectivity index (χ0v) is 9.87. The highest BCUT2D eigenvalue weighted by Crippen LogP contribution is 2.31. The fraction of sp³-hybridized carbons (Fsp3) is 0.923. The number of carbonyl (C=O) groups is 1. The van der Waals surface area contributed by atoms with Crippen LogP contribution < -0.4 is 0 Å². The van der Waals surface area contributed by atoms with Crippen LogP contribution in [0.15, 0.2) is 0 Å². The van der Waals surface area contributed by atoms with Crippen LogP contribution in [0.25, 0.3) is 0 Å². The maximum absolute atomic E-state index is 11.9. The van der Waals surface area contributed by atoms with Crippen LogP contribution >= 0.6 is 0 Å². The summed E-state index contributed by atoms with van der Waals surface area (Å²) in [5, 5.41) is 0. The van der Waals surface area contributed by atoms with E-state index in [1.165, 1.54) is 32.2 Å². The van der Waals surface area contributed by atoms with Crippen LogP contribution in [0.1, 0.15) is 51.9 Å². The Morgan fingerprint density at radius 2 is 2.00 bits per heavy atom. The maximum Gasteiger partial charge on any atom is 0.137 e. The Morgan fingerprint density at radius 3 is 2.73 bits per heavy atom. The van der Waals surface area contributed by atoms with E-state index in [2.05, 4.69) is 11.8 Å². The molecule has 1 aliphatic heterocycles. The molecule has 2 heteroatoms. The van der Waals surface area contributed by atoms with Gasteiger partial charge in [0.2, 0.25) is 0 Å². The van der Waals surface area contributed by atoms with E-state index in [9.17, 15) is 4.79 Å². The monoisotopic (exact) mass is 209 g/mol. The molecule has 0 bridgehead atoms. The van der Waals surface area contributed by atoms with Crippen molar-refractivity contribution < 1.29 is 4.79 Å². The lowest BCUT2D eigenvalue weighted by Crippen LogP contribution is -2.47. The number of carbonyl (C=O) groups excluding carboxylic acids is 1. The average molecular weight is 209 g/mol. The first kappa shape index (κ1) is 11.1. The third-order valence-corrected chi connectivity index (χ3v) is 4.14. The van der Waals surface area contributed by atoms with E-state index in [0.29, 0.717) is 17.7 Å². The average Bonchev–Trinajstić information content (AvgIpc) is 2.30. The molecule has 1 aliphatic carbocycles. The molecule has 2 atom stereocenters. The van der Waals surface area contributed by atoms with Gasteiger partial charge in [-0.3, -0.25) is 9.69 Å². The number of Topliss-reactive ketones (excluding diaryl/α,β-unsaturated/α-hetero) is 1. The van der Waals surface area contributed by atoms with E-state index in [0.717, 1.165) is 25.8 Å². The summed E-state index contributed by atoms with van der Waals surface area (Å²) in [7, 11) is 0. The summed E-state index contributed by atoms with van der Waals surface area (Å²) in [6.45, 7) is 4.56. The van der Waals surface area contributed by atoms with Gasteiger partial charge in [0, 0.05) is 18.4 Å². The molecule has 0 N–H and O–H groups in total. The van der Waals surface area contributed by atoms with Crippen LogP contribution in [0.3, 0.4) is 0 Å². The van der Waals surface area contributed by atoms with Gasteiger partial charge in [0.1, 0.15) is 5.78 Å². The number of rotatable bonds is 2. The zero-order chi connectivity index (χ0) is 10.7. The van der Waals surface area contributed by atoms with Gasteiger partial charge in [0.15, 0.2) is 0 Å². The number of hydrogen-bond donors (Lipinski definition) is 0. The Morgan fingerprint density at radius 1 is 1.20 bits per heavy atom. The first-order valence-corrected chi connectivity index (χ1v) is 6.59. The van der Waals surface area contributed by atoms with Crippen molar-refractivity contribution >= 4 is 5.78 Å². The predicted molar refractivity (Wildman–Crippen MR) is 61.9 cm³/mol. The summed E-state index contributed by atoms with van der Waals surface area (Å²) in [4.78, 5) is 14.5. The topological polar surface area (TPSA) is 20.3 Å². The highest BCUT2D eigenvalue weighted by molar-refractivity contribution is 5.82. The highest BCUT2D eigenvalue weighted by atomic mass is 16.1. The van der Waals surface area contributed by atoms with Crippen LogP contribution in [-0.2, 0) is 4.79 Å². The summed E-state index contributed by atoms with van der Waals surface area (Å²) in [6, 6.07) is 0.580. The highest BCUT2D eigenvalue weighted by Gasteiger charge is 2.34. The molecule has 2 rings (SSSR count). The quantitative estimate of drug-likeness (QED) is 0.697. The molecule has 0 aromatic heterocycles. The van der Waals surface area contributed by atoms with Gasteiger partial charge in [-0.05, 0) is 38.8 Å². The van der Waals surface area contributed by atoms with Crippen LogP contribution in [0.2, 0.25) is 0 Å². The molecule has 15 heavy (non-hydrogen) atoms. The second kappa shape index (κ2) is 5.11. The minimum Gasteiger partial charge on any atom is -0.300 e. The Balaban J connectivity index is 2.02. The summed E-state index contributed by atoms with van der Waals surface area (Å²) in [5.41, 5.74) is 0. The second-order valence-corrected chi connectivity index (χ2v) is 5.01. The molecule has 0 radical (unpaired) electrons. The molecule has 1 saturated carbocycles. The molecule has 0 aromatic rings. The molecular weight excluding hydrogens is 186 g/mol. The lowest BCUT2D eigenvalue weighted by molar-refractivity contribution is -0.127. The molecule has 2 aliphatic rings. The van der Waals surface area contributed by atoms with Crippen molar-refractivity contribution in [3.05, 3.63) is 0 Å². The first-order chi connectivity index (χ1) is 7.33. The maximum atomic E-state index is 11.9. The third kappa shape index (κ3) is 2.41. The molecule has 0 spiro atoms. The molecule has 2 unspecified atom stereocenters. The molecule has 0 amide bonds. The van der Waals surface area contributed by atoms with Crippen molar-refractivity contribution in [2.45, 2.75) is 57.9 Å². The molecule has 86 valence electrons. The number of likely N-dealkylation sites (tertiary alicyclic amines) is 1. The Bertz CT molecular complexity index is 227. The van der Waals surface area contributed by atoms with Crippen molar-refractivity contribution in [1.82, 2.24) is 4.90 Å². The van der Waals surface area contributed by atoms with Crippen molar-refractivity contribution in [2.24, 2.45) is 5.92 Å². The molecule has 2 fully saturated rings. The van der Waals surface area contributed by atoms with Crippen LogP contribution in [0.4, 0.5) is 0 Å². The van der Waals surface area contributed by atoms with Crippen molar-refractivity contribution in [3.63, 3.8) is 0 Å². The van der Waals surface area contributed by atoms with Crippen molar-refractivity contribution in [3.8, 4) is 0 Å². The molecule has 2 nitrogen and oxygen atoms in total. The SMILES string of the molecule is CCN1CCCCC1C1CCCCC1=O. The molecule has 1 heterocycles. The fourth-order valence-corrected chi connectivity index (χ4v) is 3.28. The lowest BCUT2D eigenvalue weighted by atomic mass is 9.79. The van der Waals surface area contributed by atoms with Gasteiger partial charge >= 0.3 is 0 Å². The summed E-state index contributed by atoms with van der Waals surface area (Å²) in [6.07, 6.45) is 8.30. The minimum atomic E-state index is 0.374. The first-order valence-electron chi connectivity index (χ1n) is 6.59. The van der Waals surface area contributed by atoms with Gasteiger partial charge in [-0.15, -0.1) is 0 Å². The van der Waals surface area contributed by atoms with Crippen LogP contribution in [0.5, 0.6) is 0 Å². The van der Waals surface area contributed by atoms with Gasteiger partial charge in [-0.1, -0.05) is 19.8 Å². The molecule has 1 saturated heterocycles. The van der Waals surface area contributed by atoms with Gasteiger partial charge in [0.25, 0.3) is 0 Å². The summed E-state index contributed by atoms with van der Waals surface area (Å²) < 4.78 is 0. The van der Waals surface area contributed by atoms with E-state index in [-0.39, 0.29) is 0 Å². The van der Waals surface area contributed by atoms with Crippen LogP contribution in [0, 0.1) is 5.92 Å². The van der Waals surface area contributed by atoms with Crippen molar-refractivity contribution in [2.75, 3.05) is 13.1 Å². The van der Waals surface area contributed by atoms with Gasteiger partial charge in [-0.25, -0.2) is 0 Å². The number of nitrogens with zero attached hydrogens (tertiary/aromatic N) is 1. The predicted octanol–water partition coefficient (Wildman–Crippen LogP) is 2.62. The van der Waals surface area contributed by atoms with E-state index in [1.807, 2.05) is 0 Å². The Kier molecular flexibility index (Phi) is 3.79. The fourth-order valence-electron chi connectivity index (χ4n) is 3.28. The standard InChI is InChI=1S/C13H23NO/c1-2-14-10-6-5-8-12(14)11-7-3-4-9-13(11)15/h11-12H,2-10H2,1H3. The largest absolute Gasteiger partial charge is 0.300 e. The molecular formula is C13H23NO. The van der Waals surface area contributed by atoms with Crippen LogP contribution in [-0.4, -0.2) is 29.8 Å². The minimum absolute atomic E-state index is 0.374. The second-order valence-electron chi connectivity index (χ2n) is 5.01. The number of piperidine rings is 1. The summed E-state index contributed by atoms with van der Waals surface area (Å²) in [5.74, 6) is 0.922. The van der Waals surface area contributed by atoms with Crippen molar-refractivity contribution in [1.29, 1.82) is 0 Å². The lowest BCUT2D eigenvalue weighted by Gasteiger charge is -2.40. The van der Waals surface area contributed by atoms with E-state index in [4.69, 9.17) is 0 Å². The Labute approximate surface area is 93.0 Å².